The third-order valence-electron chi connectivity index (χ3n) is 17.2. The molecule has 0 fully saturated rings. The number of rotatable bonds is 7. The number of nitrogens with one attached hydrogen (secondary N) is 8. The highest BCUT2D eigenvalue weighted by Crippen LogP contribution is 2.43. The first-order valence-corrected chi connectivity index (χ1v) is 31.6. The summed E-state index contributed by atoms with van der Waals surface area (Å²) >= 11 is 0. The first-order valence-electron chi connectivity index (χ1n) is 31.6. The van der Waals surface area contributed by atoms with Gasteiger partial charge in [-0.25, -0.2) is 0 Å². The third-order valence-corrected chi connectivity index (χ3v) is 17.2. The maximum atomic E-state index is 5.31. The van der Waals surface area contributed by atoms with Crippen LogP contribution in [0.4, 0.5) is 0 Å². The number of hydrogen-bond acceptors (Lipinski definition) is 2. The van der Waals surface area contributed by atoms with E-state index in [2.05, 4.69) is 309 Å². The van der Waals surface area contributed by atoms with Crippen molar-refractivity contribution in [2.45, 2.75) is 26.4 Å². The molecule has 10 heteroatoms. The molecule has 92 heavy (non-hydrogen) atoms. The fourth-order valence-corrected chi connectivity index (χ4v) is 12.9. The molecule has 8 N–H and O–H groups in total. The Hall–Kier alpha value is -11.3. The largest absolute Gasteiger partial charge is 0.377 e. The molecule has 10 nitrogen and oxygen atoms in total. The zero-order valence-electron chi connectivity index (χ0n) is 52.1. The molecule has 18 aromatic rings. The lowest BCUT2D eigenvalue weighted by Gasteiger charge is -2.16. The fourth-order valence-electron chi connectivity index (χ4n) is 12.9. The number of aromatic amines is 8. The number of para-hydroxylation sites is 8. The van der Waals surface area contributed by atoms with E-state index in [1.54, 1.807) is 0 Å². The average Bonchev–Trinajstić information content (AvgIpc) is 1.61. The Morgan fingerprint density at radius 1 is 0.359 bits per heavy atom. The van der Waals surface area contributed by atoms with Crippen LogP contribution in [0.5, 0.6) is 0 Å². The molecule has 0 spiro atoms. The second-order valence-electron chi connectivity index (χ2n) is 23.7. The predicted octanol–water partition coefficient (Wildman–Crippen LogP) is 21.0. The van der Waals surface area contributed by atoms with E-state index in [0.29, 0.717) is 6.10 Å². The predicted molar refractivity (Wildman–Crippen MR) is 389 cm³/mol. The molecule has 1 aliphatic carbocycles. The van der Waals surface area contributed by atoms with Crippen LogP contribution in [0.2, 0.25) is 0 Å². The molecule has 19 rings (SSSR count). The molecule has 8 aromatic heterocycles. The van der Waals surface area contributed by atoms with Crippen LogP contribution in [0.15, 0.2) is 280 Å². The van der Waals surface area contributed by atoms with Crippen LogP contribution in [-0.2, 0) is 11.2 Å². The van der Waals surface area contributed by atoms with E-state index < -0.39 is 0 Å². The topological polar surface area (TPSA) is 139 Å². The van der Waals surface area contributed by atoms with Crippen LogP contribution in [0.1, 0.15) is 25.0 Å². The van der Waals surface area contributed by atoms with E-state index in [4.69, 9.17) is 4.74 Å². The van der Waals surface area contributed by atoms with Crippen LogP contribution in [0, 0.1) is 0 Å². The number of nitrogens with zero attached hydrogens (tertiary/aromatic N) is 1. The maximum Gasteiger partial charge on any atom is 0.0673 e. The SMILES string of the molecule is CCOC(C)CN(C)C.c1ccc2[nH]c(-c3c[nH]c4ccccc34)cc2c1.c1ccc2[nH]c(-c3c[nH]c4ccccc34)cc2c1.c1ccc2[nH]c(-c3c[nH]c4ccccc34)cc2c1.c1ccc2[nH]ccc2c1.c1ccc2c(c1)Cc1ccc3c([nH]c4ccccc43)c1-2. The Kier molecular flexibility index (Phi) is 16.8. The lowest BCUT2D eigenvalue weighted by Crippen LogP contribution is -2.25. The molecule has 0 saturated heterocycles. The number of fused-ring (bicyclic) bond motifs is 14. The van der Waals surface area contributed by atoms with Crippen LogP contribution >= 0.6 is 0 Å². The molecule has 0 bridgehead atoms. The van der Waals surface area contributed by atoms with Crippen molar-refractivity contribution in [2.24, 2.45) is 0 Å². The van der Waals surface area contributed by atoms with Gasteiger partial charge in [0.2, 0.25) is 0 Å². The molecular formula is C82H73N9O. The van der Waals surface area contributed by atoms with Gasteiger partial charge in [0.15, 0.2) is 0 Å². The highest BCUT2D eigenvalue weighted by molar-refractivity contribution is 6.13. The Balaban J connectivity index is 0.0000000981. The Morgan fingerprint density at radius 2 is 0.772 bits per heavy atom. The molecule has 0 radical (unpaired) electrons. The Morgan fingerprint density at radius 3 is 1.24 bits per heavy atom. The monoisotopic (exact) mass is 1200 g/mol. The van der Waals surface area contributed by atoms with Gasteiger partial charge in [-0.05, 0) is 129 Å². The molecule has 1 unspecified atom stereocenters. The van der Waals surface area contributed by atoms with Gasteiger partial charge in [-0.3, -0.25) is 0 Å². The smallest absolute Gasteiger partial charge is 0.0673 e. The van der Waals surface area contributed by atoms with Crippen molar-refractivity contribution < 1.29 is 4.74 Å². The van der Waals surface area contributed by atoms with Crippen molar-refractivity contribution >= 4 is 98.1 Å². The van der Waals surface area contributed by atoms with Crippen molar-refractivity contribution in [1.29, 1.82) is 0 Å². The average molecular weight is 1200 g/mol. The Labute approximate surface area is 534 Å². The minimum atomic E-state index is 0.366. The third kappa shape index (κ3) is 12.3. The summed E-state index contributed by atoms with van der Waals surface area (Å²) < 4.78 is 5.31. The van der Waals surface area contributed by atoms with Crippen LogP contribution in [0.25, 0.3) is 143 Å². The van der Waals surface area contributed by atoms with Gasteiger partial charge < -0.3 is 49.5 Å². The molecule has 1 atom stereocenters. The van der Waals surface area contributed by atoms with Gasteiger partial charge in [-0.1, -0.05) is 182 Å². The van der Waals surface area contributed by atoms with Crippen molar-refractivity contribution in [3.8, 4) is 44.9 Å². The Bertz CT molecular complexity index is 5010. The first-order chi connectivity index (χ1) is 45.3. The number of ether oxygens (including phenoxy) is 1. The number of H-pyrrole nitrogens is 8. The summed E-state index contributed by atoms with van der Waals surface area (Å²) in [4.78, 5) is 29.2. The van der Waals surface area contributed by atoms with E-state index in [9.17, 15) is 0 Å². The summed E-state index contributed by atoms with van der Waals surface area (Å²) in [5, 5.41) is 11.4. The second kappa shape index (κ2) is 26.4. The van der Waals surface area contributed by atoms with Gasteiger partial charge in [0.25, 0.3) is 0 Å². The molecule has 0 saturated carbocycles. The highest BCUT2D eigenvalue weighted by Gasteiger charge is 2.22. The minimum absolute atomic E-state index is 0.366. The van der Waals surface area contributed by atoms with Crippen molar-refractivity contribution in [3.05, 3.63) is 291 Å². The van der Waals surface area contributed by atoms with Gasteiger partial charge in [0, 0.05) is 164 Å². The first kappa shape index (κ1) is 58.4. The van der Waals surface area contributed by atoms with E-state index in [1.165, 1.54) is 137 Å². The van der Waals surface area contributed by atoms with Gasteiger partial charge >= 0.3 is 0 Å². The summed E-state index contributed by atoms with van der Waals surface area (Å²) in [6, 6.07) is 88.9. The zero-order chi connectivity index (χ0) is 62.3. The molecular weight excluding hydrogens is 1130 g/mol. The van der Waals surface area contributed by atoms with E-state index in [1.807, 2.05) is 43.5 Å². The molecule has 8 heterocycles. The van der Waals surface area contributed by atoms with Gasteiger partial charge in [0.05, 0.1) is 11.6 Å². The van der Waals surface area contributed by atoms with Crippen LogP contribution in [0.3, 0.4) is 0 Å². The normalized spacial score (nSPS) is 11.8. The minimum Gasteiger partial charge on any atom is -0.377 e. The zero-order valence-corrected chi connectivity index (χ0v) is 52.1. The summed E-state index contributed by atoms with van der Waals surface area (Å²) in [5.74, 6) is 0. The van der Waals surface area contributed by atoms with Crippen molar-refractivity contribution in [1.82, 2.24) is 44.8 Å². The van der Waals surface area contributed by atoms with Crippen LogP contribution in [-0.4, -0.2) is 78.1 Å². The summed E-state index contributed by atoms with van der Waals surface area (Å²) in [6.45, 7) is 5.93. The van der Waals surface area contributed by atoms with E-state index in [0.717, 1.165) is 36.7 Å². The van der Waals surface area contributed by atoms with Gasteiger partial charge in [0.1, 0.15) is 0 Å². The maximum absolute atomic E-state index is 5.31. The fraction of sp³-hybridized carbons (Fsp3) is 0.0976. The van der Waals surface area contributed by atoms with E-state index >= 15 is 0 Å². The molecule has 1 aliphatic rings. The summed E-state index contributed by atoms with van der Waals surface area (Å²) in [6.07, 6.45) is 9.56. The second-order valence-corrected chi connectivity index (χ2v) is 23.7. The van der Waals surface area contributed by atoms with Gasteiger partial charge in [-0.15, -0.1) is 0 Å². The van der Waals surface area contributed by atoms with Crippen molar-refractivity contribution in [2.75, 3.05) is 27.2 Å². The number of benzene rings is 10. The molecule has 452 valence electrons. The molecule has 0 amide bonds. The lowest BCUT2D eigenvalue weighted by atomic mass is 10.0. The van der Waals surface area contributed by atoms with Crippen LogP contribution < -0.4 is 0 Å². The van der Waals surface area contributed by atoms with Crippen molar-refractivity contribution in [3.63, 3.8) is 0 Å². The van der Waals surface area contributed by atoms with E-state index in [-0.39, 0.29) is 0 Å². The number of aromatic nitrogens is 8. The highest BCUT2D eigenvalue weighted by atomic mass is 16.5. The number of likely N-dealkylation sites (N-methyl/N-ethyl adjacent to an activating group) is 1. The quantitative estimate of drug-likeness (QED) is 0.0806. The molecule has 10 aromatic carbocycles. The van der Waals surface area contributed by atoms with Gasteiger partial charge in [-0.2, -0.15) is 0 Å². The standard InChI is InChI=1S/C19H13N.3C16H12N2.C8H7N.C7H17NO/c1-2-6-14-12(5-1)11-13-9-10-16-15-7-3-4-8-17(15)20-19(16)18(13)14;3*1-3-7-14-11(5-1)9-16(18-14)13-10-17-15-8-4-2-6-12(13)15;1-2-4-8-7(3-1)5-6-9-8;1-5-9-7(2)6-8(3)4/h1-10,20H,11H2;3*1-10,17-18H;1-6,9H;7H,5-6H2,1-4H3. The lowest BCUT2D eigenvalue weighted by molar-refractivity contribution is 0.0572. The molecule has 0 aliphatic heterocycles. The number of hydrogen-bond donors (Lipinski definition) is 8. The summed E-state index contributed by atoms with van der Waals surface area (Å²) in [7, 11) is 4.10. The summed E-state index contributed by atoms with van der Waals surface area (Å²) in [5.41, 5.74) is 23.6.